The molecule has 0 bridgehead atoms. The number of alkyl halides is 3. The number of rotatable bonds is 6. The van der Waals surface area contributed by atoms with Crippen molar-refractivity contribution < 1.29 is 17.7 Å². The number of halogens is 3. The van der Waals surface area contributed by atoms with Gasteiger partial charge in [0.1, 0.15) is 6.54 Å². The second-order valence-corrected chi connectivity index (χ2v) is 6.55. The lowest BCUT2D eigenvalue weighted by Gasteiger charge is -2.19. The molecule has 1 unspecified atom stereocenters. The minimum Gasteiger partial charge on any atom is -0.359 e. The highest BCUT2D eigenvalue weighted by molar-refractivity contribution is 5.80. The Kier molecular flexibility index (Phi) is 6.69. The maximum absolute atomic E-state index is 12.5. The van der Waals surface area contributed by atoms with Crippen LogP contribution < -0.4 is 10.6 Å². The Bertz CT molecular complexity index is 570. The van der Waals surface area contributed by atoms with Gasteiger partial charge >= 0.3 is 6.18 Å². The van der Waals surface area contributed by atoms with Crippen LogP contribution in [-0.4, -0.2) is 54.4 Å². The maximum Gasteiger partial charge on any atom is 0.401 e. The van der Waals surface area contributed by atoms with Gasteiger partial charge in [-0.2, -0.15) is 13.2 Å². The first-order valence-corrected chi connectivity index (χ1v) is 8.56. The number of guanidine groups is 1. The van der Waals surface area contributed by atoms with Gasteiger partial charge in [0.05, 0.1) is 12.2 Å². The highest BCUT2D eigenvalue weighted by Crippen LogP contribution is 2.20. The van der Waals surface area contributed by atoms with Crippen molar-refractivity contribution >= 4 is 5.96 Å². The summed E-state index contributed by atoms with van der Waals surface area (Å²) in [5, 5.41) is 10.3. The lowest BCUT2D eigenvalue weighted by atomic mass is 10.1. The van der Waals surface area contributed by atoms with Crippen LogP contribution in [0.2, 0.25) is 0 Å². The van der Waals surface area contributed by atoms with Gasteiger partial charge in [-0.15, -0.1) is 0 Å². The molecular weight excluding hydrogens is 335 g/mol. The third-order valence-corrected chi connectivity index (χ3v) is 3.92. The molecule has 0 amide bonds. The summed E-state index contributed by atoms with van der Waals surface area (Å²) in [6, 6.07) is 1.82. The van der Waals surface area contributed by atoms with E-state index in [1.807, 2.05) is 26.8 Å². The first-order chi connectivity index (χ1) is 11.8. The zero-order valence-electron chi connectivity index (χ0n) is 14.9. The second kappa shape index (κ2) is 8.55. The van der Waals surface area contributed by atoms with E-state index in [0.717, 1.165) is 5.69 Å². The van der Waals surface area contributed by atoms with Crippen LogP contribution in [0.1, 0.15) is 44.6 Å². The van der Waals surface area contributed by atoms with Gasteiger partial charge in [0.25, 0.3) is 0 Å². The number of nitrogens with zero attached hydrogens (tertiary/aromatic N) is 3. The molecule has 0 aromatic carbocycles. The quantitative estimate of drug-likeness (QED) is 0.602. The van der Waals surface area contributed by atoms with Gasteiger partial charge in [-0.25, -0.2) is 4.99 Å². The molecule has 2 heterocycles. The van der Waals surface area contributed by atoms with E-state index in [9.17, 15) is 13.2 Å². The van der Waals surface area contributed by atoms with E-state index in [0.29, 0.717) is 44.3 Å². The van der Waals surface area contributed by atoms with Crippen molar-refractivity contribution in [1.82, 2.24) is 20.7 Å². The van der Waals surface area contributed by atoms with Crippen LogP contribution in [0.25, 0.3) is 0 Å². The molecule has 1 aromatic rings. The molecule has 1 fully saturated rings. The Morgan fingerprint density at radius 3 is 2.84 bits per heavy atom. The molecule has 2 N–H and O–H groups in total. The van der Waals surface area contributed by atoms with E-state index in [4.69, 9.17) is 4.52 Å². The predicted molar refractivity (Wildman–Crippen MR) is 89.4 cm³/mol. The van der Waals surface area contributed by atoms with Crippen molar-refractivity contribution in [2.75, 3.05) is 26.2 Å². The molecular formula is C16H26F3N5O. The topological polar surface area (TPSA) is 65.7 Å². The molecule has 25 heavy (non-hydrogen) atoms. The van der Waals surface area contributed by atoms with Crippen LogP contribution in [-0.2, 0) is 6.54 Å². The highest BCUT2D eigenvalue weighted by atomic mass is 19.4. The van der Waals surface area contributed by atoms with Crippen molar-refractivity contribution in [3.8, 4) is 0 Å². The SMILES string of the molecule is CCNC(=NCc1cc(C(C)C)no1)NC1CCN(CC(F)(F)F)C1. The minimum atomic E-state index is -4.16. The summed E-state index contributed by atoms with van der Waals surface area (Å²) in [7, 11) is 0. The Balaban J connectivity index is 1.89. The van der Waals surface area contributed by atoms with Crippen LogP contribution in [0.5, 0.6) is 0 Å². The van der Waals surface area contributed by atoms with E-state index in [-0.39, 0.29) is 12.0 Å². The fraction of sp³-hybridized carbons (Fsp3) is 0.750. The summed E-state index contributed by atoms with van der Waals surface area (Å²) >= 11 is 0. The Hall–Kier alpha value is -1.77. The summed E-state index contributed by atoms with van der Waals surface area (Å²) in [5.74, 6) is 1.51. The standard InChI is InChI=1S/C16H26F3N5O/c1-4-20-15(21-8-13-7-14(11(2)3)23-25-13)22-12-5-6-24(9-12)10-16(17,18)19/h7,11-12H,4-6,8-10H2,1-3H3,(H2,20,21,22). The van der Waals surface area contributed by atoms with Crippen molar-refractivity contribution in [3.05, 3.63) is 17.5 Å². The van der Waals surface area contributed by atoms with Gasteiger partial charge < -0.3 is 15.2 Å². The number of aromatic nitrogens is 1. The molecule has 142 valence electrons. The summed E-state index contributed by atoms with van der Waals surface area (Å²) < 4.78 is 42.7. The molecule has 0 spiro atoms. The zero-order chi connectivity index (χ0) is 18.4. The molecule has 0 aliphatic carbocycles. The van der Waals surface area contributed by atoms with E-state index in [1.54, 1.807) is 0 Å². The summed E-state index contributed by atoms with van der Waals surface area (Å²) in [4.78, 5) is 5.85. The zero-order valence-corrected chi connectivity index (χ0v) is 14.9. The molecule has 1 aliphatic heterocycles. The van der Waals surface area contributed by atoms with Crippen LogP contribution in [0.15, 0.2) is 15.6 Å². The van der Waals surface area contributed by atoms with Crippen LogP contribution in [0.4, 0.5) is 13.2 Å². The number of aliphatic imine (C=N–C) groups is 1. The maximum atomic E-state index is 12.5. The van der Waals surface area contributed by atoms with Gasteiger partial charge in [-0.1, -0.05) is 19.0 Å². The molecule has 0 saturated carbocycles. The fourth-order valence-corrected chi connectivity index (χ4v) is 2.69. The Morgan fingerprint density at radius 1 is 1.48 bits per heavy atom. The van der Waals surface area contributed by atoms with Gasteiger partial charge in [-0.05, 0) is 19.3 Å². The van der Waals surface area contributed by atoms with Crippen LogP contribution in [0.3, 0.4) is 0 Å². The lowest BCUT2D eigenvalue weighted by Crippen LogP contribution is -2.45. The van der Waals surface area contributed by atoms with E-state index in [2.05, 4.69) is 20.8 Å². The molecule has 1 aromatic heterocycles. The molecule has 2 rings (SSSR count). The second-order valence-electron chi connectivity index (χ2n) is 6.55. The third kappa shape index (κ3) is 6.56. The first kappa shape index (κ1) is 19.6. The van der Waals surface area contributed by atoms with Crippen LogP contribution >= 0.6 is 0 Å². The van der Waals surface area contributed by atoms with Gasteiger partial charge in [-0.3, -0.25) is 4.90 Å². The lowest BCUT2D eigenvalue weighted by molar-refractivity contribution is -0.143. The number of hydrogen-bond acceptors (Lipinski definition) is 4. The Labute approximate surface area is 145 Å². The van der Waals surface area contributed by atoms with E-state index >= 15 is 0 Å². The molecule has 0 radical (unpaired) electrons. The normalized spacial score (nSPS) is 19.6. The van der Waals surface area contributed by atoms with Gasteiger partial charge in [0.15, 0.2) is 11.7 Å². The smallest absolute Gasteiger partial charge is 0.359 e. The van der Waals surface area contributed by atoms with Crippen molar-refractivity contribution in [2.24, 2.45) is 4.99 Å². The van der Waals surface area contributed by atoms with Crippen LogP contribution in [0, 0.1) is 0 Å². The predicted octanol–water partition coefficient (Wildman–Crippen LogP) is 2.49. The first-order valence-electron chi connectivity index (χ1n) is 8.56. The largest absolute Gasteiger partial charge is 0.401 e. The van der Waals surface area contributed by atoms with E-state index in [1.165, 1.54) is 4.90 Å². The number of hydrogen-bond donors (Lipinski definition) is 2. The third-order valence-electron chi connectivity index (χ3n) is 3.92. The average Bonchev–Trinajstić information content (AvgIpc) is 3.13. The summed E-state index contributed by atoms with van der Waals surface area (Å²) in [6.45, 7) is 6.90. The van der Waals surface area contributed by atoms with E-state index < -0.39 is 12.7 Å². The minimum absolute atomic E-state index is 0.0545. The monoisotopic (exact) mass is 361 g/mol. The molecule has 1 atom stereocenters. The summed E-state index contributed by atoms with van der Waals surface area (Å²) in [5.41, 5.74) is 0.877. The van der Waals surface area contributed by atoms with Crippen molar-refractivity contribution in [1.29, 1.82) is 0 Å². The Morgan fingerprint density at radius 2 is 2.24 bits per heavy atom. The van der Waals surface area contributed by atoms with Crippen molar-refractivity contribution in [2.45, 2.75) is 51.9 Å². The van der Waals surface area contributed by atoms with Gasteiger partial charge in [0, 0.05) is 31.7 Å². The molecule has 1 aliphatic rings. The van der Waals surface area contributed by atoms with Gasteiger partial charge in [0.2, 0.25) is 0 Å². The van der Waals surface area contributed by atoms with Crippen molar-refractivity contribution in [3.63, 3.8) is 0 Å². The molecule has 9 heteroatoms. The molecule has 6 nitrogen and oxygen atoms in total. The highest BCUT2D eigenvalue weighted by Gasteiger charge is 2.34. The summed E-state index contributed by atoms with van der Waals surface area (Å²) in [6.07, 6.45) is -3.51. The average molecular weight is 361 g/mol. The molecule has 1 saturated heterocycles. The number of likely N-dealkylation sites (tertiary alicyclic amines) is 1. The fourth-order valence-electron chi connectivity index (χ4n) is 2.69. The number of nitrogens with one attached hydrogen (secondary N) is 2.